The van der Waals surface area contributed by atoms with Gasteiger partial charge in [-0.1, -0.05) is 109 Å². The molecule has 0 bridgehead atoms. The number of hydrogen-bond donors (Lipinski definition) is 1. The molecule has 46 heavy (non-hydrogen) atoms. The molecule has 6 rings (SSSR count). The van der Waals surface area contributed by atoms with Crippen LogP contribution in [0.15, 0.2) is 128 Å². The lowest BCUT2D eigenvalue weighted by atomic mass is 9.70. The summed E-state index contributed by atoms with van der Waals surface area (Å²) in [5.74, 6) is -2.53. The molecule has 232 valence electrons. The van der Waals surface area contributed by atoms with E-state index < -0.39 is 29.4 Å². The zero-order valence-electron chi connectivity index (χ0n) is 25.7. The highest BCUT2D eigenvalue weighted by Crippen LogP contribution is 2.50. The third-order valence-corrected chi connectivity index (χ3v) is 9.37. The quantitative estimate of drug-likeness (QED) is 0.126. The van der Waals surface area contributed by atoms with Crippen LogP contribution < -0.4 is 5.32 Å². The molecule has 4 atom stereocenters. The fourth-order valence-corrected chi connectivity index (χ4v) is 7.13. The first kappa shape index (κ1) is 31.2. The zero-order valence-corrected chi connectivity index (χ0v) is 26.5. The zero-order chi connectivity index (χ0) is 32.1. The molecular weight excluding hydrogens is 595 g/mol. The minimum Gasteiger partial charge on any atom is -0.468 e. The highest BCUT2D eigenvalue weighted by molar-refractivity contribution is 7.98. The smallest absolute Gasteiger partial charge is 0.326 e. The summed E-state index contributed by atoms with van der Waals surface area (Å²) in [5, 5.41) is 8.62. The molecule has 0 amide bonds. The highest BCUT2D eigenvalue weighted by atomic mass is 32.2. The molecule has 5 aromatic rings. The summed E-state index contributed by atoms with van der Waals surface area (Å²) in [6, 6.07) is 36.6. The van der Waals surface area contributed by atoms with Crippen LogP contribution in [-0.2, 0) is 9.53 Å². The number of benzene rings is 4. The molecule has 0 aliphatic carbocycles. The van der Waals surface area contributed by atoms with Crippen LogP contribution in [0.4, 0.5) is 0 Å². The Bertz CT molecular complexity index is 1810. The molecular formula is C38H35N3O4S. The third-order valence-electron chi connectivity index (χ3n) is 8.76. The molecule has 1 aliphatic rings. The number of rotatable bonds is 11. The molecule has 0 saturated carbocycles. The number of carbonyl (C=O) groups excluding carboxylic acids is 3. The summed E-state index contributed by atoms with van der Waals surface area (Å²) in [6.07, 6.45) is 4.15. The Balaban J connectivity index is 1.62. The van der Waals surface area contributed by atoms with E-state index in [1.165, 1.54) is 7.11 Å². The van der Waals surface area contributed by atoms with Gasteiger partial charge < -0.3 is 4.74 Å². The van der Waals surface area contributed by atoms with Crippen molar-refractivity contribution in [3.63, 3.8) is 0 Å². The number of hydrogen-bond acceptors (Lipinski definition) is 7. The van der Waals surface area contributed by atoms with Gasteiger partial charge in [0.25, 0.3) is 0 Å². The fraction of sp³-hybridized carbons (Fsp3) is 0.211. The van der Waals surface area contributed by atoms with E-state index in [4.69, 9.17) is 9.84 Å². The van der Waals surface area contributed by atoms with Gasteiger partial charge in [0.05, 0.1) is 30.3 Å². The Morgan fingerprint density at radius 2 is 1.35 bits per heavy atom. The summed E-state index contributed by atoms with van der Waals surface area (Å²) in [5.41, 5.74) is 2.48. The molecule has 1 saturated heterocycles. The summed E-state index contributed by atoms with van der Waals surface area (Å²) < 4.78 is 7.25. The second-order valence-electron chi connectivity index (χ2n) is 11.4. The van der Waals surface area contributed by atoms with Gasteiger partial charge in [0.15, 0.2) is 11.6 Å². The number of methoxy groups -OCH3 is 1. The van der Waals surface area contributed by atoms with Gasteiger partial charge >= 0.3 is 5.97 Å². The van der Waals surface area contributed by atoms with Crippen LogP contribution in [0.5, 0.6) is 0 Å². The van der Waals surface area contributed by atoms with Crippen molar-refractivity contribution in [1.82, 2.24) is 15.1 Å². The van der Waals surface area contributed by atoms with E-state index in [-0.39, 0.29) is 18.0 Å². The molecule has 0 spiro atoms. The molecule has 2 heterocycles. The van der Waals surface area contributed by atoms with Crippen LogP contribution >= 0.6 is 11.8 Å². The Morgan fingerprint density at radius 1 is 0.804 bits per heavy atom. The van der Waals surface area contributed by atoms with Gasteiger partial charge in [0.1, 0.15) is 5.54 Å². The van der Waals surface area contributed by atoms with Gasteiger partial charge in [-0.05, 0) is 30.6 Å². The first-order valence-electron chi connectivity index (χ1n) is 15.2. The van der Waals surface area contributed by atoms with E-state index in [2.05, 4.69) is 5.32 Å². The first-order valence-corrected chi connectivity index (χ1v) is 16.6. The number of esters is 1. The van der Waals surface area contributed by atoms with Crippen molar-refractivity contribution in [3.05, 3.63) is 144 Å². The summed E-state index contributed by atoms with van der Waals surface area (Å²) in [4.78, 5) is 43.6. The lowest BCUT2D eigenvalue weighted by Gasteiger charge is -2.33. The average Bonchev–Trinajstić information content (AvgIpc) is 3.72. The Kier molecular flexibility index (Phi) is 9.28. The van der Waals surface area contributed by atoms with Crippen molar-refractivity contribution in [3.8, 4) is 16.9 Å². The SMILES string of the molecule is COC(=O)C1(CCSC)NC(c2cn(-c3ccccc3)nc2-c2ccccc2)C(C(=O)c2ccccc2)C1C(=O)c1ccccc1. The van der Waals surface area contributed by atoms with E-state index in [9.17, 15) is 14.4 Å². The summed E-state index contributed by atoms with van der Waals surface area (Å²) in [6.45, 7) is 0. The topological polar surface area (TPSA) is 90.3 Å². The monoisotopic (exact) mass is 629 g/mol. The number of carbonyl (C=O) groups is 3. The standard InChI is InChI=1S/C38H35N3O4S/c1-45-37(44)38(23-24-46-2)32(36(43)28-19-11-5-12-20-28)31(35(42)27-17-9-4-10-18-27)34(39-38)30-25-41(29-21-13-6-14-22-29)40-33(30)26-15-7-3-8-16-26/h3-22,25,31-32,34,39H,23-24H2,1-2H3. The fourth-order valence-electron chi connectivity index (χ4n) is 6.60. The second kappa shape index (κ2) is 13.7. The number of nitrogens with one attached hydrogen (secondary N) is 1. The van der Waals surface area contributed by atoms with Gasteiger partial charge in [0, 0.05) is 34.5 Å². The third kappa shape index (κ3) is 5.82. The highest BCUT2D eigenvalue weighted by Gasteiger charge is 2.63. The van der Waals surface area contributed by atoms with E-state index in [1.807, 2.05) is 97.4 Å². The molecule has 1 fully saturated rings. The molecule has 0 radical (unpaired) electrons. The Labute approximate surface area is 273 Å². The normalized spacial score (nSPS) is 20.7. The Hall–Kier alpha value is -4.79. The average molecular weight is 630 g/mol. The van der Waals surface area contributed by atoms with E-state index in [1.54, 1.807) is 52.8 Å². The molecule has 1 N–H and O–H groups in total. The lowest BCUT2D eigenvalue weighted by Crippen LogP contribution is -2.56. The van der Waals surface area contributed by atoms with Crippen molar-refractivity contribution in [2.24, 2.45) is 11.8 Å². The molecule has 1 aromatic heterocycles. The van der Waals surface area contributed by atoms with Crippen LogP contribution in [0.3, 0.4) is 0 Å². The van der Waals surface area contributed by atoms with Gasteiger partial charge in [-0.3, -0.25) is 19.7 Å². The predicted octanol–water partition coefficient (Wildman–Crippen LogP) is 6.85. The second-order valence-corrected chi connectivity index (χ2v) is 12.4. The van der Waals surface area contributed by atoms with E-state index in [0.717, 1.165) is 11.3 Å². The Morgan fingerprint density at radius 3 is 1.91 bits per heavy atom. The van der Waals surface area contributed by atoms with Crippen LogP contribution in [0.25, 0.3) is 16.9 Å². The van der Waals surface area contributed by atoms with Gasteiger partial charge in [-0.2, -0.15) is 16.9 Å². The van der Waals surface area contributed by atoms with Crippen molar-refractivity contribution in [2.45, 2.75) is 18.0 Å². The first-order chi connectivity index (χ1) is 22.5. The lowest BCUT2D eigenvalue weighted by molar-refractivity contribution is -0.149. The van der Waals surface area contributed by atoms with Gasteiger partial charge in [-0.25, -0.2) is 4.68 Å². The van der Waals surface area contributed by atoms with Crippen LogP contribution in [0, 0.1) is 11.8 Å². The predicted molar refractivity (Wildman–Crippen MR) is 181 cm³/mol. The maximum absolute atomic E-state index is 14.8. The molecule has 7 nitrogen and oxygen atoms in total. The van der Waals surface area contributed by atoms with Crippen molar-refractivity contribution >= 4 is 29.3 Å². The maximum Gasteiger partial charge on any atom is 0.326 e. The number of Topliss-reactive ketones (excluding diaryl/α,β-unsaturated/α-hetero) is 2. The van der Waals surface area contributed by atoms with Crippen molar-refractivity contribution in [2.75, 3.05) is 19.1 Å². The molecule has 1 aliphatic heterocycles. The molecule has 4 unspecified atom stereocenters. The largest absolute Gasteiger partial charge is 0.468 e. The molecule has 4 aromatic carbocycles. The number of aromatic nitrogens is 2. The number of ketones is 2. The number of thioether (sulfide) groups is 1. The number of para-hydroxylation sites is 1. The maximum atomic E-state index is 14.8. The minimum absolute atomic E-state index is 0.228. The number of ether oxygens (including phenoxy) is 1. The summed E-state index contributed by atoms with van der Waals surface area (Å²) >= 11 is 1.57. The van der Waals surface area contributed by atoms with Crippen molar-refractivity contribution < 1.29 is 19.1 Å². The van der Waals surface area contributed by atoms with Crippen LogP contribution in [0.2, 0.25) is 0 Å². The van der Waals surface area contributed by atoms with Crippen molar-refractivity contribution in [1.29, 1.82) is 0 Å². The summed E-state index contributed by atoms with van der Waals surface area (Å²) in [7, 11) is 1.33. The minimum atomic E-state index is -1.48. The van der Waals surface area contributed by atoms with E-state index >= 15 is 0 Å². The molecule has 8 heteroatoms. The van der Waals surface area contributed by atoms with Crippen LogP contribution in [0.1, 0.15) is 38.7 Å². The number of nitrogens with zero attached hydrogens (tertiary/aromatic N) is 2. The van der Waals surface area contributed by atoms with Crippen LogP contribution in [-0.4, -0.2) is 52.0 Å². The van der Waals surface area contributed by atoms with Gasteiger partial charge in [-0.15, -0.1) is 0 Å². The van der Waals surface area contributed by atoms with E-state index in [0.29, 0.717) is 28.1 Å². The van der Waals surface area contributed by atoms with Gasteiger partial charge in [0.2, 0.25) is 0 Å².